The van der Waals surface area contributed by atoms with E-state index >= 15 is 0 Å². The molecular weight excluding hydrogens is 492 g/mol. The van der Waals surface area contributed by atoms with Crippen molar-refractivity contribution < 1.29 is 4.52 Å². The molecule has 0 spiro atoms. The van der Waals surface area contributed by atoms with Gasteiger partial charge in [0.1, 0.15) is 5.82 Å². The van der Waals surface area contributed by atoms with E-state index in [1.54, 1.807) is 4.57 Å². The predicted molar refractivity (Wildman–Crippen MR) is 150 cm³/mol. The Bertz CT molecular complexity index is 1710. The van der Waals surface area contributed by atoms with Crippen LogP contribution in [-0.2, 0) is 26.4 Å². The quantitative estimate of drug-likeness (QED) is 0.302. The van der Waals surface area contributed by atoms with Gasteiger partial charge in [0.15, 0.2) is 5.82 Å². The summed E-state index contributed by atoms with van der Waals surface area (Å²) in [6.07, 6.45) is 3.08. The molecule has 9 heteroatoms. The Labute approximate surface area is 226 Å². The summed E-state index contributed by atoms with van der Waals surface area (Å²) in [6.45, 7) is 6.36. The monoisotopic (exact) mass is 524 g/mol. The first-order chi connectivity index (χ1) is 18.8. The summed E-state index contributed by atoms with van der Waals surface area (Å²) in [7, 11) is 1.89. The molecule has 2 aromatic carbocycles. The lowest BCUT2D eigenvalue weighted by Gasteiger charge is -2.16. The fourth-order valence-corrected chi connectivity index (χ4v) is 4.86. The van der Waals surface area contributed by atoms with E-state index in [9.17, 15) is 9.59 Å². The van der Waals surface area contributed by atoms with Crippen LogP contribution in [0.25, 0.3) is 22.5 Å². The van der Waals surface area contributed by atoms with Gasteiger partial charge in [-0.15, -0.1) is 0 Å². The number of H-pyrrole nitrogens is 1. The van der Waals surface area contributed by atoms with E-state index in [2.05, 4.69) is 22.2 Å². The fourth-order valence-electron chi connectivity index (χ4n) is 4.86. The van der Waals surface area contributed by atoms with Gasteiger partial charge in [-0.3, -0.25) is 23.6 Å². The van der Waals surface area contributed by atoms with Crippen LogP contribution in [0.2, 0.25) is 0 Å². The van der Waals surface area contributed by atoms with E-state index < -0.39 is 5.76 Å². The van der Waals surface area contributed by atoms with Crippen LogP contribution in [0, 0.1) is 13.8 Å². The van der Waals surface area contributed by atoms with E-state index in [4.69, 9.17) is 9.51 Å². The minimum Gasteiger partial charge on any atom is -0.296 e. The molecule has 0 amide bonds. The van der Waals surface area contributed by atoms with Crippen molar-refractivity contribution in [2.45, 2.75) is 53.0 Å². The van der Waals surface area contributed by atoms with Crippen LogP contribution in [0.1, 0.15) is 53.8 Å². The molecule has 9 nitrogen and oxygen atoms in total. The Balaban J connectivity index is 1.59. The first-order valence-corrected chi connectivity index (χ1v) is 13.2. The first-order valence-electron chi connectivity index (χ1n) is 13.2. The molecule has 0 saturated carbocycles. The molecule has 0 saturated heterocycles. The average Bonchev–Trinajstić information content (AvgIpc) is 3.51. The molecule has 0 aliphatic heterocycles. The van der Waals surface area contributed by atoms with E-state index in [-0.39, 0.29) is 5.56 Å². The maximum atomic E-state index is 13.9. The van der Waals surface area contributed by atoms with Gasteiger partial charge in [0.25, 0.3) is 5.56 Å². The van der Waals surface area contributed by atoms with Crippen molar-refractivity contribution in [1.82, 2.24) is 29.5 Å². The van der Waals surface area contributed by atoms with Gasteiger partial charge in [0.05, 0.1) is 17.9 Å². The Morgan fingerprint density at radius 2 is 1.79 bits per heavy atom. The van der Waals surface area contributed by atoms with Crippen LogP contribution in [0.4, 0.5) is 0 Å². The number of benzene rings is 2. The first kappa shape index (κ1) is 26.1. The molecule has 0 fully saturated rings. The third-order valence-corrected chi connectivity index (χ3v) is 7.04. The second kappa shape index (κ2) is 11.1. The second-order valence-corrected chi connectivity index (χ2v) is 9.85. The molecule has 200 valence electrons. The average molecular weight is 525 g/mol. The van der Waals surface area contributed by atoms with E-state index in [1.165, 1.54) is 0 Å². The number of nitrogens with zero attached hydrogens (tertiary/aromatic N) is 5. The van der Waals surface area contributed by atoms with Crippen molar-refractivity contribution in [2.24, 2.45) is 7.05 Å². The van der Waals surface area contributed by atoms with Gasteiger partial charge in [-0.1, -0.05) is 61.0 Å². The Hall–Kier alpha value is -4.53. The highest BCUT2D eigenvalue weighted by atomic mass is 16.5. The fraction of sp³-hybridized carbons (Fsp3) is 0.300. The molecule has 1 N–H and O–H groups in total. The lowest BCUT2D eigenvalue weighted by Crippen LogP contribution is -2.30. The zero-order valence-electron chi connectivity index (χ0n) is 22.7. The number of unbranched alkanes of at least 4 members (excludes halogenated alkanes) is 1. The number of aryl methyl sites for hydroxylation is 4. The zero-order valence-corrected chi connectivity index (χ0v) is 22.7. The van der Waals surface area contributed by atoms with Gasteiger partial charge < -0.3 is 0 Å². The van der Waals surface area contributed by atoms with Crippen LogP contribution in [0.5, 0.6) is 0 Å². The third-order valence-electron chi connectivity index (χ3n) is 7.04. The van der Waals surface area contributed by atoms with Crippen LogP contribution in [-0.4, -0.2) is 29.5 Å². The van der Waals surface area contributed by atoms with Crippen molar-refractivity contribution in [2.75, 3.05) is 0 Å². The molecule has 0 aliphatic carbocycles. The SMILES string of the molecule is CCCCc1nc(C)n(Cc2cc(C)n(C)n2)c(=O)c1Cc1ccc(-c2ccccc2)c(-c2noc(=O)[nH]2)c1. The minimum atomic E-state index is -0.619. The van der Waals surface area contributed by atoms with Gasteiger partial charge in [0, 0.05) is 30.3 Å². The summed E-state index contributed by atoms with van der Waals surface area (Å²) in [5.41, 5.74) is 6.82. The molecule has 0 unspecified atom stereocenters. The normalized spacial score (nSPS) is 11.3. The molecule has 5 aromatic rings. The number of hydrogen-bond acceptors (Lipinski definition) is 6. The standard InChI is InChI=1S/C30H32N6O3/c1-5-6-12-27-26(29(37)36(20(3)31-27)18-23-15-19(2)35(4)33-23)17-21-13-14-24(22-10-8-7-9-11-22)25(16-21)28-32-30(38)39-34-28/h7-11,13-16H,5-6,12,17-18H2,1-4H3,(H,32,34,38). The molecule has 39 heavy (non-hydrogen) atoms. The molecule has 3 heterocycles. The second-order valence-electron chi connectivity index (χ2n) is 9.85. The number of aromatic nitrogens is 6. The molecule has 0 radical (unpaired) electrons. The van der Waals surface area contributed by atoms with Crippen molar-refractivity contribution in [1.29, 1.82) is 0 Å². The minimum absolute atomic E-state index is 0.0551. The van der Waals surface area contributed by atoms with Gasteiger partial charge in [-0.05, 0) is 55.5 Å². The summed E-state index contributed by atoms with van der Waals surface area (Å²) >= 11 is 0. The lowest BCUT2D eigenvalue weighted by atomic mass is 9.94. The maximum Gasteiger partial charge on any atom is 0.439 e. The largest absolute Gasteiger partial charge is 0.439 e. The number of aromatic amines is 1. The summed E-state index contributed by atoms with van der Waals surface area (Å²) in [4.78, 5) is 33.3. The van der Waals surface area contributed by atoms with Crippen molar-refractivity contribution >= 4 is 0 Å². The van der Waals surface area contributed by atoms with Crippen LogP contribution >= 0.6 is 0 Å². The van der Waals surface area contributed by atoms with Crippen molar-refractivity contribution in [3.63, 3.8) is 0 Å². The van der Waals surface area contributed by atoms with Crippen molar-refractivity contribution in [3.05, 3.63) is 110 Å². The summed E-state index contributed by atoms with van der Waals surface area (Å²) < 4.78 is 8.33. The van der Waals surface area contributed by atoms with E-state index in [0.29, 0.717) is 30.2 Å². The zero-order chi connectivity index (χ0) is 27.5. The molecule has 3 aromatic heterocycles. The number of hydrogen-bond donors (Lipinski definition) is 1. The van der Waals surface area contributed by atoms with Gasteiger partial charge in [0.2, 0.25) is 0 Å². The molecule has 0 atom stereocenters. The third kappa shape index (κ3) is 5.52. The van der Waals surface area contributed by atoms with Crippen LogP contribution in [0.15, 0.2) is 68.7 Å². The molecule has 0 aliphatic rings. The Morgan fingerprint density at radius 1 is 1.00 bits per heavy atom. The van der Waals surface area contributed by atoms with Gasteiger partial charge in [-0.2, -0.15) is 5.10 Å². The predicted octanol–water partition coefficient (Wildman–Crippen LogP) is 4.59. The Morgan fingerprint density at radius 3 is 2.46 bits per heavy atom. The maximum absolute atomic E-state index is 13.9. The number of nitrogens with one attached hydrogen (secondary N) is 1. The Kier molecular flexibility index (Phi) is 7.40. The van der Waals surface area contributed by atoms with Crippen LogP contribution < -0.4 is 11.3 Å². The summed E-state index contributed by atoms with van der Waals surface area (Å²) in [5.74, 6) is 0.405. The summed E-state index contributed by atoms with van der Waals surface area (Å²) in [5, 5.41) is 8.49. The molecule has 0 bridgehead atoms. The van der Waals surface area contributed by atoms with E-state index in [1.807, 2.05) is 80.2 Å². The van der Waals surface area contributed by atoms with Crippen LogP contribution in [0.3, 0.4) is 0 Å². The topological polar surface area (TPSA) is 112 Å². The van der Waals surface area contributed by atoms with E-state index in [0.717, 1.165) is 58.6 Å². The highest BCUT2D eigenvalue weighted by Crippen LogP contribution is 2.31. The highest BCUT2D eigenvalue weighted by molar-refractivity contribution is 5.81. The molecular formula is C30H32N6O3. The highest BCUT2D eigenvalue weighted by Gasteiger charge is 2.19. The molecule has 5 rings (SSSR count). The van der Waals surface area contributed by atoms with Gasteiger partial charge >= 0.3 is 5.76 Å². The number of rotatable bonds is 9. The van der Waals surface area contributed by atoms with Gasteiger partial charge in [-0.25, -0.2) is 9.78 Å². The summed E-state index contributed by atoms with van der Waals surface area (Å²) in [6, 6.07) is 17.8. The smallest absolute Gasteiger partial charge is 0.296 e. The van der Waals surface area contributed by atoms with Crippen molar-refractivity contribution in [3.8, 4) is 22.5 Å². The lowest BCUT2D eigenvalue weighted by molar-refractivity contribution is 0.388.